The number of piperidine rings is 1. The molecular weight excluding hydrogens is 376 g/mol. The number of nitrogens with zero attached hydrogens (tertiary/aromatic N) is 2. The molecule has 2 amide bonds. The number of hydrogen-bond acceptors (Lipinski definition) is 6. The van der Waals surface area contributed by atoms with E-state index in [1.54, 1.807) is 19.9 Å². The maximum Gasteiger partial charge on any atom is 0.238 e. The van der Waals surface area contributed by atoms with Gasteiger partial charge in [-0.25, -0.2) is 0 Å². The number of hydrogen-bond donors (Lipinski definition) is 2. The van der Waals surface area contributed by atoms with E-state index < -0.39 is 0 Å². The van der Waals surface area contributed by atoms with Crippen LogP contribution in [0.4, 0.5) is 5.82 Å². The third-order valence-corrected chi connectivity index (χ3v) is 5.37. The van der Waals surface area contributed by atoms with Crippen molar-refractivity contribution in [3.05, 3.63) is 11.8 Å². The average molecular weight is 405 g/mol. The maximum atomic E-state index is 12.6. The summed E-state index contributed by atoms with van der Waals surface area (Å²) in [5, 5.41) is 9.45. The van der Waals surface area contributed by atoms with Gasteiger partial charge in [-0.1, -0.05) is 12.1 Å². The second kappa shape index (κ2) is 11.5. The van der Waals surface area contributed by atoms with Gasteiger partial charge in [-0.15, -0.1) is 24.2 Å². The Hall–Kier alpha value is -1.25. The second-order valence-corrected chi connectivity index (χ2v) is 7.66. The molecule has 0 aliphatic carbocycles. The van der Waals surface area contributed by atoms with E-state index in [9.17, 15) is 9.59 Å². The van der Waals surface area contributed by atoms with Gasteiger partial charge in [-0.2, -0.15) is 0 Å². The number of amides is 2. The number of anilines is 1. The molecule has 9 heteroatoms. The third-order valence-electron chi connectivity index (χ3n) is 4.24. The van der Waals surface area contributed by atoms with Crippen molar-refractivity contribution in [3.63, 3.8) is 0 Å². The minimum absolute atomic E-state index is 0. The molecule has 1 aromatic heterocycles. The normalized spacial score (nSPS) is 15.8. The molecule has 1 aliphatic rings. The molecule has 1 fully saturated rings. The van der Waals surface area contributed by atoms with Crippen LogP contribution in [0.15, 0.2) is 10.6 Å². The van der Waals surface area contributed by atoms with Crippen LogP contribution in [0.1, 0.15) is 38.9 Å². The molecule has 1 unspecified atom stereocenters. The molecule has 0 saturated carbocycles. The molecule has 2 heterocycles. The van der Waals surface area contributed by atoms with Crippen LogP contribution in [-0.4, -0.2) is 58.5 Å². The van der Waals surface area contributed by atoms with Crippen molar-refractivity contribution in [3.8, 4) is 0 Å². The highest BCUT2D eigenvalue weighted by atomic mass is 35.5. The Morgan fingerprint density at radius 2 is 2.15 bits per heavy atom. The van der Waals surface area contributed by atoms with Crippen molar-refractivity contribution < 1.29 is 14.1 Å². The predicted molar refractivity (Wildman–Crippen MR) is 107 cm³/mol. The molecule has 0 bridgehead atoms. The molecule has 148 valence electrons. The number of nitrogens with one attached hydrogen (secondary N) is 2. The summed E-state index contributed by atoms with van der Waals surface area (Å²) in [6, 6.07) is 1.98. The van der Waals surface area contributed by atoms with Gasteiger partial charge in [0, 0.05) is 18.7 Å². The van der Waals surface area contributed by atoms with Crippen molar-refractivity contribution in [2.75, 3.05) is 30.7 Å². The van der Waals surface area contributed by atoms with Crippen LogP contribution in [0, 0.1) is 6.92 Å². The number of halogens is 1. The van der Waals surface area contributed by atoms with Crippen molar-refractivity contribution in [2.45, 2.75) is 51.3 Å². The SMILES string of the molecule is CCCN(C(=O)CSC(C)C(=O)Nc1cc(C)on1)C1CCNCC1.Cl. The molecule has 0 spiro atoms. The lowest BCUT2D eigenvalue weighted by molar-refractivity contribution is -0.131. The first-order valence-corrected chi connectivity index (χ1v) is 9.92. The summed E-state index contributed by atoms with van der Waals surface area (Å²) in [6.45, 7) is 8.35. The maximum absolute atomic E-state index is 12.6. The molecule has 1 saturated heterocycles. The van der Waals surface area contributed by atoms with Crippen molar-refractivity contribution in [2.24, 2.45) is 0 Å². The van der Waals surface area contributed by atoms with Crippen molar-refractivity contribution in [1.29, 1.82) is 0 Å². The van der Waals surface area contributed by atoms with E-state index in [-0.39, 0.29) is 29.5 Å². The van der Waals surface area contributed by atoms with Gasteiger partial charge in [0.15, 0.2) is 5.82 Å². The molecule has 1 aromatic rings. The minimum atomic E-state index is -0.336. The van der Waals surface area contributed by atoms with E-state index in [4.69, 9.17) is 4.52 Å². The van der Waals surface area contributed by atoms with E-state index >= 15 is 0 Å². The molecule has 7 nitrogen and oxygen atoms in total. The van der Waals surface area contributed by atoms with Crippen molar-refractivity contribution in [1.82, 2.24) is 15.4 Å². The summed E-state index contributed by atoms with van der Waals surface area (Å²) in [5.74, 6) is 1.31. The van der Waals surface area contributed by atoms with E-state index in [1.807, 2.05) is 4.90 Å². The van der Waals surface area contributed by atoms with E-state index in [0.717, 1.165) is 38.9 Å². The van der Waals surface area contributed by atoms with Gasteiger partial charge in [0.2, 0.25) is 11.8 Å². The largest absolute Gasteiger partial charge is 0.360 e. The molecule has 2 N–H and O–H groups in total. The van der Waals surface area contributed by atoms with Crippen molar-refractivity contribution >= 4 is 41.8 Å². The Labute approximate surface area is 165 Å². The van der Waals surface area contributed by atoms with Crippen LogP contribution in [-0.2, 0) is 9.59 Å². The standard InChI is InChI=1S/C17H28N4O3S.ClH/c1-4-9-21(14-5-7-18-8-6-14)16(22)11-25-13(3)17(23)19-15-10-12(2)24-20-15;/h10,13-14,18H,4-9,11H2,1-3H3,(H,19,20,23);1H. The lowest BCUT2D eigenvalue weighted by atomic mass is 10.0. The van der Waals surface area contributed by atoms with Gasteiger partial charge in [-0.3, -0.25) is 9.59 Å². The first-order valence-electron chi connectivity index (χ1n) is 8.87. The Bertz CT molecular complexity index is 578. The number of carbonyl (C=O) groups excluding carboxylic acids is 2. The summed E-state index contributed by atoms with van der Waals surface area (Å²) in [4.78, 5) is 26.8. The summed E-state index contributed by atoms with van der Waals surface area (Å²) < 4.78 is 4.93. The average Bonchev–Trinajstić information content (AvgIpc) is 3.02. The smallest absolute Gasteiger partial charge is 0.238 e. The number of aromatic nitrogens is 1. The zero-order valence-electron chi connectivity index (χ0n) is 15.6. The van der Waals surface area contributed by atoms with E-state index in [0.29, 0.717) is 23.4 Å². The van der Waals surface area contributed by atoms with E-state index in [1.165, 1.54) is 11.8 Å². The Morgan fingerprint density at radius 1 is 1.46 bits per heavy atom. The van der Waals surface area contributed by atoms with Gasteiger partial charge in [0.1, 0.15) is 5.76 Å². The van der Waals surface area contributed by atoms with Crippen LogP contribution in [0.2, 0.25) is 0 Å². The zero-order valence-corrected chi connectivity index (χ0v) is 17.3. The summed E-state index contributed by atoms with van der Waals surface area (Å²) in [6.07, 6.45) is 2.94. The van der Waals surface area contributed by atoms with E-state index in [2.05, 4.69) is 22.7 Å². The van der Waals surface area contributed by atoms with Crippen LogP contribution in [0.25, 0.3) is 0 Å². The Morgan fingerprint density at radius 3 is 2.73 bits per heavy atom. The highest BCUT2D eigenvalue weighted by molar-refractivity contribution is 8.01. The van der Waals surface area contributed by atoms with Gasteiger partial charge < -0.3 is 20.1 Å². The summed E-state index contributed by atoms with van der Waals surface area (Å²) >= 11 is 1.36. The highest BCUT2D eigenvalue weighted by Gasteiger charge is 2.25. The monoisotopic (exact) mass is 404 g/mol. The van der Waals surface area contributed by atoms with Crippen LogP contribution < -0.4 is 10.6 Å². The zero-order chi connectivity index (χ0) is 18.2. The minimum Gasteiger partial charge on any atom is -0.360 e. The first-order chi connectivity index (χ1) is 12.0. The molecule has 26 heavy (non-hydrogen) atoms. The number of thioether (sulfide) groups is 1. The first kappa shape index (κ1) is 22.8. The predicted octanol–water partition coefficient (Wildman–Crippen LogP) is 2.46. The molecule has 1 atom stereocenters. The van der Waals surface area contributed by atoms with Gasteiger partial charge in [-0.05, 0) is 46.2 Å². The third kappa shape index (κ3) is 6.81. The Balaban J connectivity index is 0.00000338. The quantitative estimate of drug-likeness (QED) is 0.692. The number of aryl methyl sites for hydroxylation is 1. The fraction of sp³-hybridized carbons (Fsp3) is 0.706. The molecule has 1 aliphatic heterocycles. The lowest BCUT2D eigenvalue weighted by Gasteiger charge is -2.34. The molecule has 0 radical (unpaired) electrons. The lowest BCUT2D eigenvalue weighted by Crippen LogP contribution is -2.47. The second-order valence-electron chi connectivity index (χ2n) is 6.33. The summed E-state index contributed by atoms with van der Waals surface area (Å²) in [7, 11) is 0. The van der Waals surface area contributed by atoms with Crippen LogP contribution in [0.5, 0.6) is 0 Å². The highest BCUT2D eigenvalue weighted by Crippen LogP contribution is 2.18. The molecular formula is C17H29ClN4O3S. The van der Waals surface area contributed by atoms with Gasteiger partial charge in [0.05, 0.1) is 11.0 Å². The summed E-state index contributed by atoms with van der Waals surface area (Å²) in [5.41, 5.74) is 0. The number of carbonyl (C=O) groups is 2. The Kier molecular flexibility index (Phi) is 10.0. The topological polar surface area (TPSA) is 87.5 Å². The molecule has 0 aromatic carbocycles. The van der Waals surface area contributed by atoms with Crippen LogP contribution >= 0.6 is 24.2 Å². The molecule has 2 rings (SSSR count). The fourth-order valence-electron chi connectivity index (χ4n) is 2.88. The van der Waals surface area contributed by atoms with Gasteiger partial charge in [0.25, 0.3) is 0 Å². The van der Waals surface area contributed by atoms with Gasteiger partial charge >= 0.3 is 0 Å². The van der Waals surface area contributed by atoms with Crippen LogP contribution in [0.3, 0.4) is 0 Å². The fourth-order valence-corrected chi connectivity index (χ4v) is 3.65. The number of rotatable bonds is 8.